The van der Waals surface area contributed by atoms with E-state index in [0.717, 1.165) is 65.8 Å². The summed E-state index contributed by atoms with van der Waals surface area (Å²) in [6.07, 6.45) is 7.45. The zero-order chi connectivity index (χ0) is 30.0. The molecule has 0 amide bonds. The van der Waals surface area contributed by atoms with Crippen molar-refractivity contribution < 1.29 is 19.1 Å². The number of carbonyl (C=O) groups is 2. The largest absolute Gasteiger partial charge is 0.451 e. The van der Waals surface area contributed by atoms with Gasteiger partial charge in [0, 0.05) is 11.1 Å². The van der Waals surface area contributed by atoms with Crippen molar-refractivity contribution >= 4 is 33.5 Å². The predicted octanol–water partition coefficient (Wildman–Crippen LogP) is 9.46. The highest BCUT2D eigenvalue weighted by atomic mass is 16.6. The quantitative estimate of drug-likeness (QED) is 0.156. The molecule has 4 nitrogen and oxygen atoms in total. The van der Waals surface area contributed by atoms with E-state index in [2.05, 4.69) is 73.8 Å². The summed E-state index contributed by atoms with van der Waals surface area (Å²) in [6.45, 7) is 9.71. The SMILES string of the molecule is C=C(C)C(=O)OC1(c2ccc3ccccc3c2)CCC(CC(=C)C(=O)OC2(c3ccc4ccccc4c3)CCCCC2)C1. The second kappa shape index (κ2) is 11.8. The van der Waals surface area contributed by atoms with Gasteiger partial charge in [-0.25, -0.2) is 9.59 Å². The van der Waals surface area contributed by atoms with Gasteiger partial charge in [-0.05, 0) is 109 Å². The second-order valence-corrected chi connectivity index (χ2v) is 12.6. The van der Waals surface area contributed by atoms with Crippen LogP contribution >= 0.6 is 0 Å². The number of hydrogen-bond donors (Lipinski definition) is 0. The Kier molecular flexibility index (Phi) is 7.96. The number of benzene rings is 4. The van der Waals surface area contributed by atoms with Crippen molar-refractivity contribution in [2.24, 2.45) is 5.92 Å². The molecule has 4 heteroatoms. The molecule has 2 unspecified atom stereocenters. The Bertz CT molecular complexity index is 1710. The summed E-state index contributed by atoms with van der Waals surface area (Å²) in [4.78, 5) is 26.5. The average Bonchev–Trinajstić information content (AvgIpc) is 3.43. The minimum Gasteiger partial charge on any atom is -0.451 e. The Morgan fingerprint density at radius 3 is 1.81 bits per heavy atom. The van der Waals surface area contributed by atoms with Gasteiger partial charge in [0.05, 0.1) is 0 Å². The summed E-state index contributed by atoms with van der Waals surface area (Å²) in [7, 11) is 0. The number of esters is 2. The van der Waals surface area contributed by atoms with Crippen LogP contribution in [0.2, 0.25) is 0 Å². The topological polar surface area (TPSA) is 52.6 Å². The number of ether oxygens (including phenoxy) is 2. The Morgan fingerprint density at radius 2 is 1.23 bits per heavy atom. The third kappa shape index (κ3) is 5.88. The molecule has 0 saturated heterocycles. The van der Waals surface area contributed by atoms with Crippen LogP contribution in [0.15, 0.2) is 109 Å². The second-order valence-electron chi connectivity index (χ2n) is 12.6. The molecular formula is C39H40O4. The van der Waals surface area contributed by atoms with Gasteiger partial charge in [0.1, 0.15) is 11.2 Å². The molecule has 0 aliphatic heterocycles. The normalized spacial score (nSPS) is 21.4. The summed E-state index contributed by atoms with van der Waals surface area (Å²) >= 11 is 0. The van der Waals surface area contributed by atoms with Gasteiger partial charge in [-0.15, -0.1) is 0 Å². The first-order valence-electron chi connectivity index (χ1n) is 15.6. The van der Waals surface area contributed by atoms with Crippen LogP contribution in [0.1, 0.15) is 75.8 Å². The molecule has 6 rings (SSSR count). The predicted molar refractivity (Wildman–Crippen MR) is 172 cm³/mol. The maximum absolute atomic E-state index is 13.7. The van der Waals surface area contributed by atoms with Gasteiger partial charge in [-0.2, -0.15) is 0 Å². The van der Waals surface area contributed by atoms with Crippen molar-refractivity contribution in [1.29, 1.82) is 0 Å². The molecule has 43 heavy (non-hydrogen) atoms. The van der Waals surface area contributed by atoms with E-state index >= 15 is 0 Å². The average molecular weight is 573 g/mol. The van der Waals surface area contributed by atoms with E-state index in [4.69, 9.17) is 9.47 Å². The molecule has 2 aliphatic rings. The van der Waals surface area contributed by atoms with E-state index in [1.807, 2.05) is 24.3 Å². The molecule has 2 atom stereocenters. The number of rotatable bonds is 8. The van der Waals surface area contributed by atoms with Crippen LogP contribution in [0.25, 0.3) is 21.5 Å². The van der Waals surface area contributed by atoms with Crippen LogP contribution in [-0.2, 0) is 30.3 Å². The zero-order valence-corrected chi connectivity index (χ0v) is 25.1. The fourth-order valence-electron chi connectivity index (χ4n) is 7.16. The van der Waals surface area contributed by atoms with Crippen molar-refractivity contribution in [3.8, 4) is 0 Å². The minimum absolute atomic E-state index is 0.132. The highest BCUT2D eigenvalue weighted by Gasteiger charge is 2.45. The molecule has 2 aliphatic carbocycles. The van der Waals surface area contributed by atoms with Crippen molar-refractivity contribution in [2.45, 2.75) is 75.9 Å². The molecule has 220 valence electrons. The first-order valence-corrected chi connectivity index (χ1v) is 15.6. The molecule has 0 radical (unpaired) electrons. The van der Waals surface area contributed by atoms with E-state index < -0.39 is 11.2 Å². The summed E-state index contributed by atoms with van der Waals surface area (Å²) in [5.41, 5.74) is 1.50. The van der Waals surface area contributed by atoms with Crippen molar-refractivity contribution in [1.82, 2.24) is 0 Å². The zero-order valence-electron chi connectivity index (χ0n) is 25.1. The molecule has 0 bridgehead atoms. The fourth-order valence-corrected chi connectivity index (χ4v) is 7.16. The van der Waals surface area contributed by atoms with Crippen molar-refractivity contribution in [3.05, 3.63) is 120 Å². The van der Waals surface area contributed by atoms with E-state index in [9.17, 15) is 9.59 Å². The summed E-state index contributed by atoms with van der Waals surface area (Å²) < 4.78 is 12.6. The lowest BCUT2D eigenvalue weighted by Crippen LogP contribution is -2.35. The van der Waals surface area contributed by atoms with Crippen molar-refractivity contribution in [3.63, 3.8) is 0 Å². The lowest BCUT2D eigenvalue weighted by atomic mass is 9.78. The summed E-state index contributed by atoms with van der Waals surface area (Å²) in [5.74, 6) is -0.578. The molecule has 2 saturated carbocycles. The van der Waals surface area contributed by atoms with Gasteiger partial charge in [0.2, 0.25) is 0 Å². The molecule has 4 aromatic rings. The Labute approximate surface area is 254 Å². The molecule has 0 N–H and O–H groups in total. The first kappa shape index (κ1) is 28.9. The Hall–Kier alpha value is -4.18. The van der Waals surface area contributed by atoms with Gasteiger partial charge < -0.3 is 9.47 Å². The van der Waals surface area contributed by atoms with Crippen LogP contribution in [0.5, 0.6) is 0 Å². The van der Waals surface area contributed by atoms with Crippen LogP contribution in [0.3, 0.4) is 0 Å². The highest BCUT2D eigenvalue weighted by Crippen LogP contribution is 2.48. The van der Waals surface area contributed by atoms with Gasteiger partial charge in [-0.3, -0.25) is 0 Å². The molecule has 2 fully saturated rings. The van der Waals surface area contributed by atoms with Crippen LogP contribution in [0.4, 0.5) is 0 Å². The lowest BCUT2D eigenvalue weighted by molar-refractivity contribution is -0.161. The minimum atomic E-state index is -0.773. The summed E-state index contributed by atoms with van der Waals surface area (Å²) in [5, 5.41) is 4.58. The molecule has 4 aromatic carbocycles. The molecule has 0 heterocycles. The number of fused-ring (bicyclic) bond motifs is 2. The Balaban J connectivity index is 1.21. The third-order valence-corrected chi connectivity index (χ3v) is 9.54. The van der Waals surface area contributed by atoms with Crippen LogP contribution < -0.4 is 0 Å². The lowest BCUT2D eigenvalue weighted by Gasteiger charge is -2.37. The molecule has 0 aromatic heterocycles. The Morgan fingerprint density at radius 1 is 0.698 bits per heavy atom. The van der Waals surface area contributed by atoms with Crippen LogP contribution in [-0.4, -0.2) is 11.9 Å². The maximum atomic E-state index is 13.7. The van der Waals surface area contributed by atoms with Crippen LogP contribution in [0, 0.1) is 5.92 Å². The van der Waals surface area contributed by atoms with E-state index in [1.165, 1.54) is 5.39 Å². The summed E-state index contributed by atoms with van der Waals surface area (Å²) in [6, 6.07) is 29.2. The maximum Gasteiger partial charge on any atom is 0.334 e. The smallest absolute Gasteiger partial charge is 0.334 e. The van der Waals surface area contributed by atoms with E-state index in [1.54, 1.807) is 6.92 Å². The van der Waals surface area contributed by atoms with E-state index in [-0.39, 0.29) is 17.9 Å². The third-order valence-electron chi connectivity index (χ3n) is 9.54. The highest BCUT2D eigenvalue weighted by molar-refractivity contribution is 5.89. The van der Waals surface area contributed by atoms with Gasteiger partial charge in [0.25, 0.3) is 0 Å². The molecule has 0 spiro atoms. The monoisotopic (exact) mass is 572 g/mol. The first-order chi connectivity index (χ1) is 20.8. The van der Waals surface area contributed by atoms with Gasteiger partial charge in [-0.1, -0.05) is 92.4 Å². The van der Waals surface area contributed by atoms with E-state index in [0.29, 0.717) is 30.4 Å². The van der Waals surface area contributed by atoms with Gasteiger partial charge >= 0.3 is 11.9 Å². The number of carbonyl (C=O) groups excluding carboxylic acids is 2. The molecular weight excluding hydrogens is 532 g/mol. The standard InChI is InChI=1S/C39H40O4/c1-27(2)36(40)42-39(35-18-16-31-12-6-8-14-33(31)25-35)22-19-29(26-39)23-28(3)37(41)43-38(20-9-4-10-21-38)34-17-15-30-11-5-7-13-32(30)24-34/h5-8,11-18,24-25,29H,1,3-4,9-10,19-23,26H2,2H3. The number of hydrogen-bond acceptors (Lipinski definition) is 4. The van der Waals surface area contributed by atoms with Gasteiger partial charge in [0.15, 0.2) is 0 Å². The van der Waals surface area contributed by atoms with Crippen molar-refractivity contribution in [2.75, 3.05) is 0 Å². The fraction of sp³-hybridized carbons (Fsp3) is 0.333.